The van der Waals surface area contributed by atoms with Gasteiger partial charge < -0.3 is 9.64 Å². The van der Waals surface area contributed by atoms with Crippen molar-refractivity contribution in [2.75, 3.05) is 11.4 Å². The van der Waals surface area contributed by atoms with Crippen molar-refractivity contribution >= 4 is 23.1 Å². The van der Waals surface area contributed by atoms with Crippen LogP contribution in [0.25, 0.3) is 5.57 Å². The zero-order chi connectivity index (χ0) is 17.9. The van der Waals surface area contributed by atoms with Crippen LogP contribution in [0.1, 0.15) is 53.0 Å². The molecule has 0 saturated heterocycles. The highest BCUT2D eigenvalue weighted by atomic mass is 16.6. The van der Waals surface area contributed by atoms with Crippen LogP contribution in [-0.2, 0) is 14.3 Å². The summed E-state index contributed by atoms with van der Waals surface area (Å²) in [6, 6.07) is 7.62. The maximum atomic E-state index is 12.9. The highest BCUT2D eigenvalue weighted by Gasteiger charge is 2.33. The molecule has 1 amide bonds. The number of amides is 1. The molecule has 24 heavy (non-hydrogen) atoms. The Kier molecular flexibility index (Phi) is 5.47. The van der Waals surface area contributed by atoms with E-state index in [1.807, 2.05) is 45.0 Å². The standard InChI is InChI=1S/C20H27NO3/c1-6-14(7-2)13-21-17-11-9-8-10-15(17)16(19(21)23)12-18(22)24-20(3,4)5/h8-12,14H,6-7,13H2,1-5H3. The molecule has 0 bridgehead atoms. The molecule has 0 aliphatic carbocycles. The van der Waals surface area contributed by atoms with Crippen LogP contribution >= 0.6 is 0 Å². The van der Waals surface area contributed by atoms with Crippen molar-refractivity contribution in [3.8, 4) is 0 Å². The molecule has 0 N–H and O–H groups in total. The summed E-state index contributed by atoms with van der Waals surface area (Å²) in [6.07, 6.45) is 3.38. The number of benzene rings is 1. The topological polar surface area (TPSA) is 46.6 Å². The third-order valence-corrected chi connectivity index (χ3v) is 4.23. The van der Waals surface area contributed by atoms with E-state index in [2.05, 4.69) is 13.8 Å². The van der Waals surface area contributed by atoms with E-state index in [1.54, 1.807) is 4.90 Å². The number of carbonyl (C=O) groups excluding carboxylic acids is 2. The van der Waals surface area contributed by atoms with E-state index in [0.717, 1.165) is 24.1 Å². The Labute approximate surface area is 144 Å². The van der Waals surface area contributed by atoms with Gasteiger partial charge in [0.15, 0.2) is 0 Å². The summed E-state index contributed by atoms with van der Waals surface area (Å²) in [4.78, 5) is 26.8. The first-order valence-electron chi connectivity index (χ1n) is 8.62. The van der Waals surface area contributed by atoms with Gasteiger partial charge in [0.25, 0.3) is 5.91 Å². The van der Waals surface area contributed by atoms with Crippen LogP contribution in [0.3, 0.4) is 0 Å². The molecule has 0 spiro atoms. The van der Waals surface area contributed by atoms with E-state index in [0.29, 0.717) is 18.0 Å². The molecule has 0 atom stereocenters. The summed E-state index contributed by atoms with van der Waals surface area (Å²) in [5.41, 5.74) is 1.53. The molecule has 2 rings (SSSR count). The van der Waals surface area contributed by atoms with E-state index in [-0.39, 0.29) is 5.91 Å². The van der Waals surface area contributed by atoms with Gasteiger partial charge in [0.05, 0.1) is 11.3 Å². The first-order valence-corrected chi connectivity index (χ1v) is 8.62. The van der Waals surface area contributed by atoms with Crippen LogP contribution in [0.2, 0.25) is 0 Å². The van der Waals surface area contributed by atoms with Crippen LogP contribution in [0.4, 0.5) is 5.69 Å². The molecule has 1 aliphatic rings. The first kappa shape index (κ1) is 18.2. The summed E-state index contributed by atoms with van der Waals surface area (Å²) in [7, 11) is 0. The van der Waals surface area contributed by atoms with Gasteiger partial charge in [-0.3, -0.25) is 4.79 Å². The molecular weight excluding hydrogens is 302 g/mol. The zero-order valence-electron chi connectivity index (χ0n) is 15.3. The summed E-state index contributed by atoms with van der Waals surface area (Å²) in [5.74, 6) is -0.151. The lowest BCUT2D eigenvalue weighted by molar-refractivity contribution is -0.148. The van der Waals surface area contributed by atoms with Crippen molar-refractivity contribution in [1.29, 1.82) is 0 Å². The third kappa shape index (κ3) is 4.05. The second kappa shape index (κ2) is 7.20. The molecule has 1 aliphatic heterocycles. The number of hydrogen-bond acceptors (Lipinski definition) is 3. The molecular formula is C20H27NO3. The predicted octanol–water partition coefficient (Wildman–Crippen LogP) is 4.19. The van der Waals surface area contributed by atoms with Crippen molar-refractivity contribution in [3.63, 3.8) is 0 Å². The van der Waals surface area contributed by atoms with Crippen LogP contribution in [-0.4, -0.2) is 24.0 Å². The zero-order valence-corrected chi connectivity index (χ0v) is 15.3. The molecule has 4 heteroatoms. The monoisotopic (exact) mass is 329 g/mol. The maximum absolute atomic E-state index is 12.9. The Bertz CT molecular complexity index is 651. The fourth-order valence-electron chi connectivity index (χ4n) is 2.88. The fraction of sp³-hybridized carbons (Fsp3) is 0.500. The van der Waals surface area contributed by atoms with E-state index < -0.39 is 11.6 Å². The highest BCUT2D eigenvalue weighted by molar-refractivity contribution is 6.34. The number of nitrogens with zero attached hydrogens (tertiary/aromatic N) is 1. The van der Waals surface area contributed by atoms with Gasteiger partial charge in [0.1, 0.15) is 5.60 Å². The maximum Gasteiger partial charge on any atom is 0.332 e. The third-order valence-electron chi connectivity index (χ3n) is 4.23. The van der Waals surface area contributed by atoms with E-state index in [9.17, 15) is 9.59 Å². The Morgan fingerprint density at radius 1 is 1.21 bits per heavy atom. The number of rotatable bonds is 5. The molecule has 0 radical (unpaired) electrons. The van der Waals surface area contributed by atoms with Gasteiger partial charge in [-0.05, 0) is 32.8 Å². The van der Waals surface area contributed by atoms with Crippen molar-refractivity contribution in [2.45, 2.75) is 53.1 Å². The summed E-state index contributed by atoms with van der Waals surface area (Å²) in [6.45, 7) is 10.4. The molecule has 1 aromatic rings. The summed E-state index contributed by atoms with van der Waals surface area (Å²) >= 11 is 0. The quantitative estimate of drug-likeness (QED) is 0.601. The number of ether oxygens (including phenoxy) is 1. The van der Waals surface area contributed by atoms with Gasteiger partial charge in [0.2, 0.25) is 0 Å². The number of fused-ring (bicyclic) bond motifs is 1. The van der Waals surface area contributed by atoms with E-state index >= 15 is 0 Å². The molecule has 1 aromatic carbocycles. The average Bonchev–Trinajstić information content (AvgIpc) is 2.76. The van der Waals surface area contributed by atoms with Crippen molar-refractivity contribution in [2.24, 2.45) is 5.92 Å². The van der Waals surface area contributed by atoms with E-state index in [4.69, 9.17) is 4.74 Å². The molecule has 0 saturated carbocycles. The van der Waals surface area contributed by atoms with Gasteiger partial charge in [-0.2, -0.15) is 0 Å². The number of para-hydroxylation sites is 1. The smallest absolute Gasteiger partial charge is 0.332 e. The number of anilines is 1. The SMILES string of the molecule is CCC(CC)CN1C(=O)C(=CC(=O)OC(C)(C)C)c2ccccc21. The fourth-order valence-corrected chi connectivity index (χ4v) is 2.88. The van der Waals surface area contributed by atoms with Crippen LogP contribution in [0.5, 0.6) is 0 Å². The van der Waals surface area contributed by atoms with Gasteiger partial charge in [-0.1, -0.05) is 44.9 Å². The molecule has 130 valence electrons. The Morgan fingerprint density at radius 2 is 1.83 bits per heavy atom. The van der Waals surface area contributed by atoms with Crippen molar-refractivity contribution < 1.29 is 14.3 Å². The summed E-state index contributed by atoms with van der Waals surface area (Å²) in [5, 5.41) is 0. The normalized spacial score (nSPS) is 16.0. The minimum atomic E-state index is -0.579. The van der Waals surface area contributed by atoms with E-state index in [1.165, 1.54) is 6.08 Å². The average molecular weight is 329 g/mol. The lowest BCUT2D eigenvalue weighted by Gasteiger charge is -2.22. The minimum absolute atomic E-state index is 0.117. The highest BCUT2D eigenvalue weighted by Crippen LogP contribution is 2.37. The number of carbonyl (C=O) groups is 2. The lowest BCUT2D eigenvalue weighted by atomic mass is 10.0. The minimum Gasteiger partial charge on any atom is -0.457 e. The van der Waals surface area contributed by atoms with Gasteiger partial charge in [-0.15, -0.1) is 0 Å². The summed E-state index contributed by atoms with van der Waals surface area (Å²) < 4.78 is 5.34. The largest absolute Gasteiger partial charge is 0.457 e. The van der Waals surface area contributed by atoms with Gasteiger partial charge in [0, 0.05) is 18.2 Å². The molecule has 1 heterocycles. The van der Waals surface area contributed by atoms with Gasteiger partial charge >= 0.3 is 5.97 Å². The lowest BCUT2D eigenvalue weighted by Crippen LogP contribution is -2.32. The Balaban J connectivity index is 2.34. The van der Waals surface area contributed by atoms with Crippen LogP contribution in [0, 0.1) is 5.92 Å². The Hall–Kier alpha value is -2.10. The van der Waals surface area contributed by atoms with Crippen molar-refractivity contribution in [3.05, 3.63) is 35.9 Å². The van der Waals surface area contributed by atoms with Gasteiger partial charge in [-0.25, -0.2) is 4.79 Å². The second-order valence-electron chi connectivity index (χ2n) is 7.21. The molecule has 0 aromatic heterocycles. The molecule has 4 nitrogen and oxygen atoms in total. The number of esters is 1. The molecule has 0 unspecified atom stereocenters. The molecule has 0 fully saturated rings. The van der Waals surface area contributed by atoms with Crippen LogP contribution < -0.4 is 4.90 Å². The predicted molar refractivity (Wildman–Crippen MR) is 96.7 cm³/mol. The second-order valence-corrected chi connectivity index (χ2v) is 7.21. The van der Waals surface area contributed by atoms with Crippen LogP contribution in [0.15, 0.2) is 30.3 Å². The first-order chi connectivity index (χ1) is 11.3. The number of hydrogen-bond donors (Lipinski definition) is 0. The Morgan fingerprint density at radius 3 is 2.42 bits per heavy atom. The van der Waals surface area contributed by atoms with Crippen molar-refractivity contribution in [1.82, 2.24) is 0 Å².